The van der Waals surface area contributed by atoms with Crippen LogP contribution in [0.25, 0.3) is 0 Å². The fourth-order valence-electron chi connectivity index (χ4n) is 2.98. The first kappa shape index (κ1) is 13.9. The molecular formula is C19H16FN3. The van der Waals surface area contributed by atoms with E-state index in [9.17, 15) is 4.39 Å². The molecule has 0 fully saturated rings. The van der Waals surface area contributed by atoms with Crippen molar-refractivity contribution >= 4 is 5.69 Å². The van der Waals surface area contributed by atoms with Crippen LogP contribution in [0, 0.1) is 5.82 Å². The van der Waals surface area contributed by atoms with Gasteiger partial charge in [-0.2, -0.15) is 0 Å². The molecular weight excluding hydrogens is 289 g/mol. The van der Waals surface area contributed by atoms with Gasteiger partial charge in [-0.15, -0.1) is 0 Å². The average molecular weight is 305 g/mol. The van der Waals surface area contributed by atoms with Gasteiger partial charge in [0.15, 0.2) is 0 Å². The van der Waals surface area contributed by atoms with Crippen LogP contribution in [0.4, 0.5) is 10.1 Å². The fraction of sp³-hybridized carbons (Fsp3) is 0.105. The van der Waals surface area contributed by atoms with Crippen LogP contribution in [0.2, 0.25) is 0 Å². The van der Waals surface area contributed by atoms with Crippen molar-refractivity contribution in [2.75, 3.05) is 5.32 Å². The van der Waals surface area contributed by atoms with Gasteiger partial charge in [0.25, 0.3) is 0 Å². The maximum Gasteiger partial charge on any atom is 0.123 e. The van der Waals surface area contributed by atoms with Crippen LogP contribution in [0.1, 0.15) is 28.9 Å². The Balaban J connectivity index is 1.76. The largest absolute Gasteiger partial charge is 0.366 e. The number of fused-ring (bicyclic) bond motifs is 1. The van der Waals surface area contributed by atoms with E-state index in [1.54, 1.807) is 6.20 Å². The maximum absolute atomic E-state index is 13.2. The summed E-state index contributed by atoms with van der Waals surface area (Å²) in [5.41, 5.74) is 4.28. The molecule has 4 rings (SSSR count). The molecule has 4 heteroatoms. The summed E-state index contributed by atoms with van der Waals surface area (Å²) in [6.45, 7) is 0. The highest BCUT2D eigenvalue weighted by Crippen LogP contribution is 2.35. The molecule has 3 nitrogen and oxygen atoms in total. The second-order valence-electron chi connectivity index (χ2n) is 5.60. The highest BCUT2D eigenvalue weighted by atomic mass is 19.1. The summed E-state index contributed by atoms with van der Waals surface area (Å²) in [6, 6.07) is 18.8. The predicted molar refractivity (Wildman–Crippen MR) is 88.4 cm³/mol. The Bertz CT molecular complexity index is 802. The molecule has 0 aliphatic carbocycles. The van der Waals surface area contributed by atoms with E-state index in [-0.39, 0.29) is 18.0 Å². The van der Waals surface area contributed by atoms with E-state index in [4.69, 9.17) is 0 Å². The third-order valence-electron chi connectivity index (χ3n) is 4.13. The van der Waals surface area contributed by atoms with Crippen LogP contribution in [0.15, 0.2) is 73.1 Å². The number of pyridine rings is 1. The van der Waals surface area contributed by atoms with E-state index in [1.165, 1.54) is 12.1 Å². The summed E-state index contributed by atoms with van der Waals surface area (Å²) in [5.74, 6) is -0.228. The molecule has 0 radical (unpaired) electrons. The molecule has 3 aromatic rings. The fourth-order valence-corrected chi connectivity index (χ4v) is 2.98. The Morgan fingerprint density at radius 1 is 0.870 bits per heavy atom. The van der Waals surface area contributed by atoms with Crippen molar-refractivity contribution in [2.45, 2.75) is 12.2 Å². The van der Waals surface area contributed by atoms with Crippen molar-refractivity contribution in [3.8, 4) is 0 Å². The average Bonchev–Trinajstić information content (AvgIpc) is 2.62. The zero-order valence-corrected chi connectivity index (χ0v) is 12.4. The summed E-state index contributed by atoms with van der Waals surface area (Å²) in [6.07, 6.45) is 3.62. The molecule has 1 aliphatic heterocycles. The van der Waals surface area contributed by atoms with E-state index in [2.05, 4.69) is 27.8 Å². The van der Waals surface area contributed by atoms with Crippen LogP contribution >= 0.6 is 0 Å². The number of nitrogens with zero attached hydrogens (tertiary/aromatic N) is 1. The van der Waals surface area contributed by atoms with Crippen molar-refractivity contribution in [1.82, 2.24) is 10.3 Å². The van der Waals surface area contributed by atoms with Gasteiger partial charge in [-0.25, -0.2) is 4.39 Å². The molecule has 0 saturated carbocycles. The van der Waals surface area contributed by atoms with Crippen LogP contribution < -0.4 is 10.6 Å². The van der Waals surface area contributed by atoms with Crippen molar-refractivity contribution in [1.29, 1.82) is 0 Å². The SMILES string of the molecule is Fc1ccc(C2NC(c3ccccc3)Nc3ccncc32)cc1. The predicted octanol–water partition coefficient (Wildman–Crippen LogP) is 4.02. The number of rotatable bonds is 2. The molecule has 1 aliphatic rings. The lowest BCUT2D eigenvalue weighted by molar-refractivity contribution is 0.504. The monoisotopic (exact) mass is 305 g/mol. The summed E-state index contributed by atoms with van der Waals surface area (Å²) >= 11 is 0. The van der Waals surface area contributed by atoms with Gasteiger partial charge in [0.1, 0.15) is 12.0 Å². The van der Waals surface area contributed by atoms with Crippen LogP contribution in [0.5, 0.6) is 0 Å². The highest BCUT2D eigenvalue weighted by Gasteiger charge is 2.27. The van der Waals surface area contributed by atoms with E-state index in [0.717, 1.165) is 22.4 Å². The first-order valence-corrected chi connectivity index (χ1v) is 7.58. The summed E-state index contributed by atoms with van der Waals surface area (Å²) < 4.78 is 13.2. The van der Waals surface area contributed by atoms with Crippen molar-refractivity contribution < 1.29 is 4.39 Å². The van der Waals surface area contributed by atoms with Gasteiger partial charge in [-0.3, -0.25) is 10.3 Å². The second-order valence-corrected chi connectivity index (χ2v) is 5.60. The number of hydrogen-bond donors (Lipinski definition) is 2. The second kappa shape index (κ2) is 5.82. The standard InChI is InChI=1S/C19H16FN3/c20-15-8-6-13(7-9-15)18-16-12-21-11-10-17(16)22-19(23-18)14-4-2-1-3-5-14/h1-12,18-19,22-23H. The third kappa shape index (κ3) is 2.69. The minimum absolute atomic E-state index is 0.0128. The number of halogens is 1. The Morgan fingerprint density at radius 2 is 1.65 bits per heavy atom. The topological polar surface area (TPSA) is 37.0 Å². The smallest absolute Gasteiger partial charge is 0.123 e. The Labute approximate surface area is 134 Å². The van der Waals surface area contributed by atoms with Gasteiger partial charge < -0.3 is 5.32 Å². The molecule has 2 unspecified atom stereocenters. The lowest BCUT2D eigenvalue weighted by Crippen LogP contribution is -2.37. The van der Waals surface area contributed by atoms with Crippen molar-refractivity contribution in [3.63, 3.8) is 0 Å². The van der Waals surface area contributed by atoms with Crippen LogP contribution in [-0.2, 0) is 0 Å². The highest BCUT2D eigenvalue weighted by molar-refractivity contribution is 5.57. The summed E-state index contributed by atoms with van der Waals surface area (Å²) in [7, 11) is 0. The number of aromatic nitrogens is 1. The quantitative estimate of drug-likeness (QED) is 0.751. The van der Waals surface area contributed by atoms with Gasteiger partial charge in [-0.1, -0.05) is 42.5 Å². The lowest BCUT2D eigenvalue weighted by atomic mass is 9.95. The molecule has 0 amide bonds. The van der Waals surface area contributed by atoms with Crippen LogP contribution in [0.3, 0.4) is 0 Å². The van der Waals surface area contributed by atoms with Gasteiger partial charge in [0.2, 0.25) is 0 Å². The van der Waals surface area contributed by atoms with Crippen LogP contribution in [-0.4, -0.2) is 4.98 Å². The first-order valence-electron chi connectivity index (χ1n) is 7.58. The molecule has 1 aromatic heterocycles. The molecule has 2 atom stereocenters. The third-order valence-corrected chi connectivity index (χ3v) is 4.13. The van der Waals surface area contributed by atoms with E-state index < -0.39 is 0 Å². The zero-order valence-electron chi connectivity index (χ0n) is 12.4. The number of nitrogens with one attached hydrogen (secondary N) is 2. The molecule has 0 bridgehead atoms. The molecule has 2 heterocycles. The summed E-state index contributed by atoms with van der Waals surface area (Å²) in [4.78, 5) is 4.24. The zero-order chi connectivity index (χ0) is 15.6. The van der Waals surface area contributed by atoms with E-state index in [1.807, 2.05) is 42.6 Å². The Morgan fingerprint density at radius 3 is 2.43 bits per heavy atom. The lowest BCUT2D eigenvalue weighted by Gasteiger charge is -2.35. The Kier molecular flexibility index (Phi) is 3.52. The minimum atomic E-state index is -0.228. The molecule has 114 valence electrons. The van der Waals surface area contributed by atoms with Gasteiger partial charge in [0, 0.05) is 23.6 Å². The summed E-state index contributed by atoms with van der Waals surface area (Å²) in [5, 5.41) is 7.09. The number of anilines is 1. The molecule has 0 saturated heterocycles. The normalized spacial score (nSPS) is 19.7. The maximum atomic E-state index is 13.2. The molecule has 2 N–H and O–H groups in total. The number of benzene rings is 2. The minimum Gasteiger partial charge on any atom is -0.366 e. The Hall–Kier alpha value is -2.72. The molecule has 0 spiro atoms. The van der Waals surface area contributed by atoms with Gasteiger partial charge in [-0.05, 0) is 29.3 Å². The van der Waals surface area contributed by atoms with E-state index >= 15 is 0 Å². The van der Waals surface area contributed by atoms with Crippen molar-refractivity contribution in [2.24, 2.45) is 0 Å². The first-order chi connectivity index (χ1) is 11.3. The molecule has 23 heavy (non-hydrogen) atoms. The van der Waals surface area contributed by atoms with Crippen molar-refractivity contribution in [3.05, 3.63) is 95.6 Å². The van der Waals surface area contributed by atoms with Gasteiger partial charge in [0.05, 0.1) is 6.04 Å². The molecule has 2 aromatic carbocycles. The number of hydrogen-bond acceptors (Lipinski definition) is 3. The van der Waals surface area contributed by atoms with Gasteiger partial charge >= 0.3 is 0 Å². The van der Waals surface area contributed by atoms with E-state index in [0.29, 0.717) is 0 Å².